The summed E-state index contributed by atoms with van der Waals surface area (Å²) in [7, 11) is 0. The summed E-state index contributed by atoms with van der Waals surface area (Å²) >= 11 is 0. The van der Waals surface area contributed by atoms with E-state index in [1.54, 1.807) is 6.08 Å². The van der Waals surface area contributed by atoms with Gasteiger partial charge >= 0.3 is 5.97 Å². The van der Waals surface area contributed by atoms with E-state index >= 15 is 0 Å². The molecule has 1 N–H and O–H groups in total. The van der Waals surface area contributed by atoms with Crippen LogP contribution in [0.4, 0.5) is 0 Å². The Balaban J connectivity index is 4.45. The highest BCUT2D eigenvalue weighted by Crippen LogP contribution is 2.18. The summed E-state index contributed by atoms with van der Waals surface area (Å²) < 4.78 is 0. The molecule has 12 heavy (non-hydrogen) atoms. The van der Waals surface area contributed by atoms with Crippen LogP contribution in [0.5, 0.6) is 0 Å². The van der Waals surface area contributed by atoms with Crippen molar-refractivity contribution in [3.63, 3.8) is 0 Å². The van der Waals surface area contributed by atoms with Crippen LogP contribution in [0.1, 0.15) is 26.7 Å². The number of hydrogen-bond donors (Lipinski definition) is 1. The second kappa shape index (κ2) is 5.58. The van der Waals surface area contributed by atoms with Crippen LogP contribution in [-0.4, -0.2) is 11.1 Å². The number of hydrogen-bond acceptors (Lipinski definition) is 1. The Morgan fingerprint density at radius 3 is 2.50 bits per heavy atom. The molecule has 0 radical (unpaired) electrons. The average molecular weight is 168 g/mol. The van der Waals surface area contributed by atoms with Gasteiger partial charge < -0.3 is 5.11 Å². The zero-order chi connectivity index (χ0) is 9.56. The highest BCUT2D eigenvalue weighted by molar-refractivity contribution is 5.73. The van der Waals surface area contributed by atoms with E-state index in [0.29, 0.717) is 12.8 Å². The Labute approximate surface area is 73.6 Å². The zero-order valence-corrected chi connectivity index (χ0v) is 7.71. The monoisotopic (exact) mass is 168 g/mol. The molecule has 0 aliphatic rings. The van der Waals surface area contributed by atoms with E-state index in [2.05, 4.69) is 6.58 Å². The fourth-order valence-corrected chi connectivity index (χ4v) is 1.22. The lowest BCUT2D eigenvalue weighted by atomic mass is 9.94. The van der Waals surface area contributed by atoms with Gasteiger partial charge in [-0.15, -0.1) is 6.58 Å². The van der Waals surface area contributed by atoms with Crippen molar-refractivity contribution in [1.82, 2.24) is 0 Å². The van der Waals surface area contributed by atoms with Crippen LogP contribution in [0, 0.1) is 5.92 Å². The third-order valence-electron chi connectivity index (χ3n) is 1.90. The van der Waals surface area contributed by atoms with Crippen LogP contribution in [0.25, 0.3) is 0 Å². The Hall–Kier alpha value is -1.05. The smallest absolute Gasteiger partial charge is 0.310 e. The number of carbonyl (C=O) groups is 1. The molecule has 0 aromatic carbocycles. The van der Waals surface area contributed by atoms with E-state index in [-0.39, 0.29) is 5.92 Å². The van der Waals surface area contributed by atoms with Crippen LogP contribution in [-0.2, 0) is 4.79 Å². The lowest BCUT2D eigenvalue weighted by Gasteiger charge is -2.12. The SMILES string of the molecule is C=CCC(=CC)C(CC)C(=O)O. The molecule has 2 nitrogen and oxygen atoms in total. The second-order valence-electron chi connectivity index (χ2n) is 2.66. The normalized spacial score (nSPS) is 14.0. The molecular formula is C10H16O2. The maximum atomic E-state index is 10.7. The van der Waals surface area contributed by atoms with Crippen LogP contribution >= 0.6 is 0 Å². The van der Waals surface area contributed by atoms with Crippen molar-refractivity contribution in [2.75, 3.05) is 0 Å². The van der Waals surface area contributed by atoms with Gasteiger partial charge in [-0.25, -0.2) is 0 Å². The van der Waals surface area contributed by atoms with Gasteiger partial charge in [0.05, 0.1) is 5.92 Å². The van der Waals surface area contributed by atoms with E-state index in [1.807, 2.05) is 19.9 Å². The van der Waals surface area contributed by atoms with Crippen LogP contribution in [0.2, 0.25) is 0 Å². The third kappa shape index (κ3) is 2.91. The van der Waals surface area contributed by atoms with Crippen LogP contribution in [0.15, 0.2) is 24.3 Å². The first-order valence-electron chi connectivity index (χ1n) is 4.16. The second-order valence-corrected chi connectivity index (χ2v) is 2.66. The van der Waals surface area contributed by atoms with Gasteiger partial charge in [-0.2, -0.15) is 0 Å². The van der Waals surface area contributed by atoms with E-state index < -0.39 is 5.97 Å². The van der Waals surface area contributed by atoms with Crippen LogP contribution < -0.4 is 0 Å². The summed E-state index contributed by atoms with van der Waals surface area (Å²) in [5.41, 5.74) is 0.944. The van der Waals surface area contributed by atoms with E-state index in [0.717, 1.165) is 5.57 Å². The van der Waals surface area contributed by atoms with Gasteiger partial charge in [0.15, 0.2) is 0 Å². The predicted molar refractivity (Wildman–Crippen MR) is 50.0 cm³/mol. The van der Waals surface area contributed by atoms with Crippen molar-refractivity contribution in [2.24, 2.45) is 5.92 Å². The van der Waals surface area contributed by atoms with Gasteiger partial charge in [-0.3, -0.25) is 4.79 Å². The van der Waals surface area contributed by atoms with Gasteiger partial charge in [0.25, 0.3) is 0 Å². The Kier molecular flexibility index (Phi) is 5.09. The molecule has 2 heteroatoms. The summed E-state index contributed by atoms with van der Waals surface area (Å²) in [6.45, 7) is 7.34. The lowest BCUT2D eigenvalue weighted by Crippen LogP contribution is -2.14. The van der Waals surface area contributed by atoms with Crippen molar-refractivity contribution in [1.29, 1.82) is 0 Å². The minimum Gasteiger partial charge on any atom is -0.481 e. The van der Waals surface area contributed by atoms with Gasteiger partial charge in [0.1, 0.15) is 0 Å². The molecular weight excluding hydrogens is 152 g/mol. The maximum absolute atomic E-state index is 10.7. The third-order valence-corrected chi connectivity index (χ3v) is 1.90. The first kappa shape index (κ1) is 11.0. The molecule has 0 aromatic heterocycles. The summed E-state index contributed by atoms with van der Waals surface area (Å²) in [5.74, 6) is -1.08. The van der Waals surface area contributed by atoms with Crippen molar-refractivity contribution in [2.45, 2.75) is 26.7 Å². The van der Waals surface area contributed by atoms with Crippen molar-refractivity contribution in [3.05, 3.63) is 24.3 Å². The molecule has 0 aliphatic carbocycles. The highest BCUT2D eigenvalue weighted by Gasteiger charge is 2.17. The molecule has 0 aliphatic heterocycles. The van der Waals surface area contributed by atoms with Crippen molar-refractivity contribution < 1.29 is 9.90 Å². The Bertz CT molecular complexity index is 192. The Morgan fingerprint density at radius 1 is 1.67 bits per heavy atom. The number of rotatable bonds is 5. The summed E-state index contributed by atoms with van der Waals surface area (Å²) in [5, 5.41) is 8.83. The molecule has 0 heterocycles. The van der Waals surface area contributed by atoms with Gasteiger partial charge in [-0.1, -0.05) is 24.6 Å². The van der Waals surface area contributed by atoms with Gasteiger partial charge in [-0.05, 0) is 19.8 Å². The maximum Gasteiger partial charge on any atom is 0.310 e. The van der Waals surface area contributed by atoms with Crippen molar-refractivity contribution in [3.8, 4) is 0 Å². The minimum absolute atomic E-state index is 0.340. The molecule has 0 saturated heterocycles. The molecule has 0 rings (SSSR count). The number of allylic oxidation sites excluding steroid dienone is 2. The molecule has 0 spiro atoms. The standard InChI is InChI=1S/C10H16O2/c1-4-7-8(5-2)9(6-3)10(11)12/h4-5,9H,1,6-7H2,2-3H3,(H,11,12). The summed E-state index contributed by atoms with van der Waals surface area (Å²) in [4.78, 5) is 10.7. The summed E-state index contributed by atoms with van der Waals surface area (Å²) in [6.07, 6.45) is 4.91. The fourth-order valence-electron chi connectivity index (χ4n) is 1.22. The van der Waals surface area contributed by atoms with Crippen molar-refractivity contribution >= 4 is 5.97 Å². The zero-order valence-electron chi connectivity index (χ0n) is 7.71. The molecule has 0 bridgehead atoms. The number of carboxylic acids is 1. The molecule has 68 valence electrons. The average Bonchev–Trinajstić information content (AvgIpc) is 2.03. The lowest BCUT2D eigenvalue weighted by molar-refractivity contribution is -0.140. The molecule has 0 fully saturated rings. The van der Waals surface area contributed by atoms with Crippen LogP contribution in [0.3, 0.4) is 0 Å². The molecule has 0 aromatic rings. The first-order chi connectivity index (χ1) is 5.67. The fraction of sp³-hybridized carbons (Fsp3) is 0.500. The summed E-state index contributed by atoms with van der Waals surface area (Å²) in [6, 6.07) is 0. The van der Waals surface area contributed by atoms with E-state index in [1.165, 1.54) is 0 Å². The molecule has 1 atom stereocenters. The minimum atomic E-state index is -0.743. The topological polar surface area (TPSA) is 37.3 Å². The molecule has 1 unspecified atom stereocenters. The van der Waals surface area contributed by atoms with E-state index in [9.17, 15) is 4.79 Å². The Morgan fingerprint density at radius 2 is 2.25 bits per heavy atom. The first-order valence-corrected chi connectivity index (χ1v) is 4.16. The number of aliphatic carboxylic acids is 1. The largest absolute Gasteiger partial charge is 0.481 e. The molecule has 0 saturated carbocycles. The van der Waals surface area contributed by atoms with Gasteiger partial charge in [0, 0.05) is 0 Å². The highest BCUT2D eigenvalue weighted by atomic mass is 16.4. The molecule has 0 amide bonds. The quantitative estimate of drug-likeness (QED) is 0.641. The number of carboxylic acid groups (broad SMARTS) is 1. The van der Waals surface area contributed by atoms with E-state index in [4.69, 9.17) is 5.11 Å². The van der Waals surface area contributed by atoms with Gasteiger partial charge in [0.2, 0.25) is 0 Å². The predicted octanol–water partition coefficient (Wildman–Crippen LogP) is 2.62.